The molecule has 4 fully saturated rings. The lowest BCUT2D eigenvalue weighted by Crippen LogP contribution is -2.52. The molecular weight excluding hydrogens is 1740 g/mol. The number of rotatable bonds is 21. The van der Waals surface area contributed by atoms with Crippen LogP contribution in [0, 0.1) is 6.92 Å². The van der Waals surface area contributed by atoms with Crippen molar-refractivity contribution in [3.05, 3.63) is 177 Å². The van der Waals surface area contributed by atoms with Crippen LogP contribution in [0.25, 0.3) is 44.3 Å². The number of nitrogens with one attached hydrogen (secondary N) is 3. The molecule has 4 saturated heterocycles. The van der Waals surface area contributed by atoms with Crippen LogP contribution in [0.15, 0.2) is 160 Å². The predicted octanol–water partition coefficient (Wildman–Crippen LogP) is 16.8. The minimum Gasteiger partial charge on any atom is -0.495 e. The van der Waals surface area contributed by atoms with Crippen molar-refractivity contribution in [2.24, 2.45) is 14.1 Å². The van der Waals surface area contributed by atoms with E-state index >= 15 is 0 Å². The Bertz CT molecular complexity index is 5570. The summed E-state index contributed by atoms with van der Waals surface area (Å²) in [6.45, 7) is 29.5. The average Bonchev–Trinajstić information content (AvgIpc) is 1.65. The van der Waals surface area contributed by atoms with Gasteiger partial charge in [0.2, 0.25) is 11.2 Å². The molecule has 648 valence electrons. The molecule has 7 N–H and O–H groups in total. The molecule has 121 heavy (non-hydrogen) atoms. The van der Waals surface area contributed by atoms with E-state index in [1.165, 1.54) is 99.6 Å². The van der Waals surface area contributed by atoms with E-state index in [-0.39, 0.29) is 10.2 Å². The fourth-order valence-electron chi connectivity index (χ4n) is 15.7. The maximum atomic E-state index is 13.7. The Hall–Kier alpha value is -8.54. The number of anilines is 9. The first kappa shape index (κ1) is 93.2. The van der Waals surface area contributed by atoms with E-state index in [2.05, 4.69) is 174 Å². The summed E-state index contributed by atoms with van der Waals surface area (Å²) >= 11 is 13.0. The number of halogens is 3. The van der Waals surface area contributed by atoms with E-state index in [9.17, 15) is 17.5 Å². The third kappa shape index (κ3) is 24.1. The Morgan fingerprint density at radius 1 is 0.562 bits per heavy atom. The van der Waals surface area contributed by atoms with Gasteiger partial charge < -0.3 is 74.1 Å². The monoisotopic (exact) mass is 1850 g/mol. The zero-order valence-corrected chi connectivity index (χ0v) is 78.5. The molecule has 6 aromatic heterocycles. The van der Waals surface area contributed by atoms with E-state index < -0.39 is 24.4 Å². The van der Waals surface area contributed by atoms with Gasteiger partial charge in [-0.25, -0.2) is 19.9 Å². The van der Waals surface area contributed by atoms with Crippen molar-refractivity contribution < 1.29 is 36.7 Å². The molecule has 5 aromatic carbocycles. The standard InChI is InChI=1S/C39H49BrN9O2P.C20H18BrClN5OP.C19H32N4O.C7H8O3S.C4H10O/c1-7-26-21-33(35(51-4)23-34(26)49-15-12-28(13-16-49)48-19-17-46(2)18-20-48)44-39-42-24-31(40)37(45-39)43-32-11-10-27(22-36(32)52(5,6)50)30-25-47(3)38-29(30)9-8-14-41-38;1-27-11-14(13-5-4-8-23-19(13)27)12-6-7-16(17(9-12)29(2,3)28)25-18-15(21)10-24-20(22)26-18;1-4-15-13-17(20)19(24-3)14-18(15)23-7-5-16(6-8-23)22-11-9-21(2)10-12-22;1-6-2-4-7(5-3-6)11(8,9)10;1-2-3-4-5/h8-11,14,21-25,28H,7,12-13,15-20H2,1-6H3,(H2,42,43,44,45);4-11H,1-3H3,(H,24,25,26);13-14,16H,4-12,20H2,1-3H3;2-5H,1H3,(H,8,9,10);5H,2-4H2,1H3. The molecule has 0 atom stereocenters. The highest BCUT2D eigenvalue weighted by Gasteiger charge is 2.31. The number of aromatic nitrogens is 8. The number of likely N-dealkylation sites (N-methyl/N-ethyl adjacent to an activating group) is 2. The van der Waals surface area contributed by atoms with Crippen LogP contribution in [0.4, 0.5) is 51.7 Å². The summed E-state index contributed by atoms with van der Waals surface area (Å²) in [6.07, 6.45) is 19.8. The number of pyridine rings is 2. The van der Waals surface area contributed by atoms with E-state index in [0.29, 0.717) is 39.2 Å². The van der Waals surface area contributed by atoms with Crippen LogP contribution in [0.3, 0.4) is 0 Å². The number of aliphatic hydroxyl groups is 1. The summed E-state index contributed by atoms with van der Waals surface area (Å²) in [7, 11) is 2.48. The number of unbranched alkanes of at least 4 members (excludes halogenated alkanes) is 1. The van der Waals surface area contributed by atoms with Gasteiger partial charge in [0.05, 0.1) is 50.8 Å². The summed E-state index contributed by atoms with van der Waals surface area (Å²) in [6, 6.07) is 35.8. The second-order valence-electron chi connectivity index (χ2n) is 31.9. The first-order valence-electron chi connectivity index (χ1n) is 41.2. The van der Waals surface area contributed by atoms with Crippen molar-refractivity contribution in [2.75, 3.05) is 172 Å². The number of nitrogen functional groups attached to an aromatic ring is 1. The van der Waals surface area contributed by atoms with E-state index in [1.807, 2.05) is 90.9 Å². The van der Waals surface area contributed by atoms with Crippen LogP contribution in [0.2, 0.25) is 5.28 Å². The highest BCUT2D eigenvalue weighted by Crippen LogP contribution is 2.45. The third-order valence-electron chi connectivity index (χ3n) is 22.6. The summed E-state index contributed by atoms with van der Waals surface area (Å²) in [4.78, 5) is 41.8. The van der Waals surface area contributed by atoms with E-state index in [1.54, 1.807) is 77.8 Å². The molecule has 0 amide bonds. The maximum Gasteiger partial charge on any atom is 0.294 e. The summed E-state index contributed by atoms with van der Waals surface area (Å²) in [5, 5.41) is 21.9. The molecule has 0 spiro atoms. The van der Waals surface area contributed by atoms with Gasteiger partial charge in [0.1, 0.15) is 48.7 Å². The maximum absolute atomic E-state index is 13.7. The molecule has 0 saturated carbocycles. The summed E-state index contributed by atoms with van der Waals surface area (Å²) in [5.41, 5.74) is 21.0. The van der Waals surface area contributed by atoms with Crippen molar-refractivity contribution >= 4 is 152 Å². The van der Waals surface area contributed by atoms with Crippen LogP contribution in [0.5, 0.6) is 11.5 Å². The fourth-order valence-corrected chi connectivity index (χ4v) is 19.3. The van der Waals surface area contributed by atoms with Crippen LogP contribution >= 0.6 is 57.7 Å². The highest BCUT2D eigenvalue weighted by molar-refractivity contribution is 9.11. The third-order valence-corrected chi connectivity index (χ3v) is 27.9. The number of piperidine rings is 2. The smallest absolute Gasteiger partial charge is 0.294 e. The van der Waals surface area contributed by atoms with Gasteiger partial charge in [0.15, 0.2) is 0 Å². The van der Waals surface area contributed by atoms with Crippen molar-refractivity contribution in [3.63, 3.8) is 0 Å². The second-order valence-corrected chi connectivity index (χ2v) is 41.7. The zero-order valence-electron chi connectivity index (χ0n) is 72.0. The molecule has 0 aliphatic carbocycles. The lowest BCUT2D eigenvalue weighted by molar-refractivity contribution is 0.0982. The van der Waals surface area contributed by atoms with Crippen molar-refractivity contribution in [1.29, 1.82) is 0 Å². The van der Waals surface area contributed by atoms with Crippen molar-refractivity contribution in [3.8, 4) is 33.8 Å². The molecule has 10 heterocycles. The van der Waals surface area contributed by atoms with Gasteiger partial charge in [-0.3, -0.25) is 14.4 Å². The Morgan fingerprint density at radius 3 is 1.43 bits per heavy atom. The minimum atomic E-state index is -4.02. The second kappa shape index (κ2) is 42.2. The molecule has 0 radical (unpaired) electrons. The summed E-state index contributed by atoms with van der Waals surface area (Å²) < 4.78 is 73.1. The quantitative estimate of drug-likeness (QED) is 0.0169. The number of piperazine rings is 2. The van der Waals surface area contributed by atoms with Crippen molar-refractivity contribution in [1.82, 2.24) is 58.6 Å². The number of methoxy groups -OCH3 is 2. The Balaban J connectivity index is 0.000000174. The number of nitrogens with zero attached hydrogens (tertiary/aromatic N) is 14. The topological polar surface area (TPSA) is 296 Å². The number of benzene rings is 5. The van der Waals surface area contributed by atoms with Gasteiger partial charge in [0.25, 0.3) is 10.1 Å². The molecule has 4 aliphatic heterocycles. The lowest BCUT2D eigenvalue weighted by Gasteiger charge is -2.43. The van der Waals surface area contributed by atoms with Crippen LogP contribution in [-0.4, -0.2) is 229 Å². The molecule has 26 nitrogen and oxygen atoms in total. The van der Waals surface area contributed by atoms with Gasteiger partial charge >= 0.3 is 0 Å². The summed E-state index contributed by atoms with van der Waals surface area (Å²) in [5.74, 6) is 3.03. The number of nitrogens with two attached hydrogens (primary N) is 1. The molecule has 32 heteroatoms. The zero-order chi connectivity index (χ0) is 87.0. The van der Waals surface area contributed by atoms with Gasteiger partial charge in [-0.15, -0.1) is 0 Å². The normalized spacial score (nSPS) is 15.5. The molecule has 0 unspecified atom stereocenters. The van der Waals surface area contributed by atoms with Crippen LogP contribution in [0.1, 0.15) is 76.0 Å². The van der Waals surface area contributed by atoms with Gasteiger partial charge in [-0.05, 0) is 231 Å². The number of ether oxygens (including phenoxy) is 2. The van der Waals surface area contributed by atoms with Gasteiger partial charge in [-0.1, -0.05) is 57.0 Å². The number of fused-ring (bicyclic) bond motifs is 2. The minimum absolute atomic E-state index is 0.0666. The van der Waals surface area contributed by atoms with Gasteiger partial charge in [0, 0.05) is 205 Å². The lowest BCUT2D eigenvalue weighted by atomic mass is 9.99. The SMILES string of the molecule is CCCCO.CCc1cc(N)c(OC)cc1N1CCC(N2CCN(C)CC2)CC1.CCc1cc(Nc2ncc(Br)c(Nc3ccc(-c4cn(C)c5ncccc45)cc3P(C)(C)=O)n2)c(OC)cc1N1CCC(N2CCN(C)CC2)CC1.Cc1ccc(S(=O)(=O)O)cc1.Cn1cc(-c2ccc(Nc3nc(Cl)ncc3Br)c(P(C)(C)=O)c2)c2cccnc21. The predicted molar refractivity (Wildman–Crippen MR) is 506 cm³/mol. The number of aliphatic hydroxyl groups excluding tert-OH is 1. The molecule has 0 bridgehead atoms. The van der Waals surface area contributed by atoms with Gasteiger partial charge in [-0.2, -0.15) is 18.4 Å². The first-order valence-corrected chi connectivity index (χ1v) is 49.8. The highest BCUT2D eigenvalue weighted by atomic mass is 79.9. The Labute approximate surface area is 735 Å². The largest absolute Gasteiger partial charge is 0.495 e. The first-order chi connectivity index (χ1) is 57.8. The Morgan fingerprint density at radius 2 is 1.01 bits per heavy atom. The van der Waals surface area contributed by atoms with Crippen LogP contribution < -0.4 is 51.6 Å². The van der Waals surface area contributed by atoms with E-state index in [0.717, 1.165) is 166 Å². The van der Waals surface area contributed by atoms with Crippen molar-refractivity contribution in [2.45, 2.75) is 96.0 Å². The number of hydrogen-bond donors (Lipinski definition) is 6. The number of aryl methyl sites for hydroxylation is 5. The van der Waals surface area contributed by atoms with Crippen LogP contribution in [-0.2, 0) is 46.2 Å². The molecule has 15 rings (SSSR count). The number of hydrogen-bond acceptors (Lipinski definition) is 23. The fraction of sp³-hybridized carbons (Fsp3) is 0.416. The molecule has 4 aliphatic rings. The Kier molecular flexibility index (Phi) is 32.5. The average molecular weight is 1860 g/mol. The molecular formula is C89H117Br2ClN18O8P2S. The molecule has 11 aromatic rings. The van der Waals surface area contributed by atoms with E-state index in [4.69, 9.17) is 41.5 Å².